The molecule has 0 unspecified atom stereocenters. The number of halogens is 1. The molecule has 0 spiro atoms. The first kappa shape index (κ1) is 17.7. The number of rotatable bonds is 6. The predicted octanol–water partition coefficient (Wildman–Crippen LogP) is 4.13. The average Bonchev–Trinajstić information content (AvgIpc) is 2.59. The third kappa shape index (κ3) is 4.91. The van der Waals surface area contributed by atoms with Crippen molar-refractivity contribution in [3.63, 3.8) is 0 Å². The molecule has 126 valence electrons. The molecule has 2 aromatic rings. The highest BCUT2D eigenvalue weighted by Crippen LogP contribution is 2.20. The molecular formula is C19H20FNO3. The van der Waals surface area contributed by atoms with Crippen molar-refractivity contribution < 1.29 is 18.7 Å². The van der Waals surface area contributed by atoms with Crippen LogP contribution in [0.3, 0.4) is 0 Å². The van der Waals surface area contributed by atoms with Gasteiger partial charge in [0.25, 0.3) is 5.91 Å². The summed E-state index contributed by atoms with van der Waals surface area (Å²) in [5, 5.41) is 2.65. The molecule has 0 fully saturated rings. The number of hydrogen-bond acceptors (Lipinski definition) is 3. The van der Waals surface area contributed by atoms with E-state index in [0.717, 1.165) is 12.5 Å². The smallest absolute Gasteiger partial charge is 0.338 e. The van der Waals surface area contributed by atoms with Gasteiger partial charge in [-0.2, -0.15) is 0 Å². The highest BCUT2D eigenvalue weighted by Gasteiger charge is 2.11. The summed E-state index contributed by atoms with van der Waals surface area (Å²) in [5.41, 5.74) is 1.91. The Hall–Kier alpha value is -2.69. The van der Waals surface area contributed by atoms with Gasteiger partial charge in [-0.1, -0.05) is 32.0 Å². The Bertz CT molecular complexity index is 713. The number of nitrogens with one attached hydrogen (secondary N) is 1. The molecule has 0 radical (unpaired) electrons. The van der Waals surface area contributed by atoms with Gasteiger partial charge in [0.2, 0.25) is 0 Å². The predicted molar refractivity (Wildman–Crippen MR) is 90.5 cm³/mol. The summed E-state index contributed by atoms with van der Waals surface area (Å²) in [6, 6.07) is 12.7. The lowest BCUT2D eigenvalue weighted by atomic mass is 9.99. The quantitative estimate of drug-likeness (QED) is 0.811. The van der Waals surface area contributed by atoms with Crippen molar-refractivity contribution in [2.24, 2.45) is 0 Å². The molecule has 24 heavy (non-hydrogen) atoms. The Morgan fingerprint density at radius 3 is 2.50 bits per heavy atom. The molecule has 0 heterocycles. The van der Waals surface area contributed by atoms with Gasteiger partial charge in [-0.25, -0.2) is 9.18 Å². The van der Waals surface area contributed by atoms with Crippen molar-refractivity contribution in [2.75, 3.05) is 11.9 Å². The van der Waals surface area contributed by atoms with Gasteiger partial charge in [0.15, 0.2) is 6.61 Å². The summed E-state index contributed by atoms with van der Waals surface area (Å²) in [5.74, 6) is -1.26. The molecule has 1 N–H and O–H groups in total. The molecule has 0 saturated carbocycles. The maximum absolute atomic E-state index is 13.0. The van der Waals surface area contributed by atoms with Crippen LogP contribution in [0.2, 0.25) is 0 Å². The number of benzene rings is 2. The molecule has 1 atom stereocenters. The molecule has 1 amide bonds. The zero-order chi connectivity index (χ0) is 17.5. The van der Waals surface area contributed by atoms with Crippen LogP contribution in [0.4, 0.5) is 10.1 Å². The fraction of sp³-hybridized carbons (Fsp3) is 0.263. The SMILES string of the molecule is CC[C@H](C)c1ccc(NC(=O)COC(=O)c2cccc(F)c2)cc1. The average molecular weight is 329 g/mol. The largest absolute Gasteiger partial charge is 0.452 e. The normalized spacial score (nSPS) is 11.6. The molecule has 0 saturated heterocycles. The minimum absolute atomic E-state index is 0.0701. The second-order valence-electron chi connectivity index (χ2n) is 5.57. The monoisotopic (exact) mass is 329 g/mol. The van der Waals surface area contributed by atoms with Crippen LogP contribution in [0.15, 0.2) is 48.5 Å². The summed E-state index contributed by atoms with van der Waals surface area (Å²) < 4.78 is 17.9. The third-order valence-electron chi connectivity index (χ3n) is 3.77. The number of amides is 1. The van der Waals surface area contributed by atoms with E-state index in [0.29, 0.717) is 11.6 Å². The molecule has 0 bridgehead atoms. The topological polar surface area (TPSA) is 55.4 Å². The fourth-order valence-corrected chi connectivity index (χ4v) is 2.16. The van der Waals surface area contributed by atoms with Gasteiger partial charge in [-0.05, 0) is 48.2 Å². The van der Waals surface area contributed by atoms with E-state index in [-0.39, 0.29) is 5.56 Å². The van der Waals surface area contributed by atoms with E-state index in [2.05, 4.69) is 19.2 Å². The first-order valence-corrected chi connectivity index (χ1v) is 7.82. The standard InChI is InChI=1S/C19H20FNO3/c1-3-13(2)14-7-9-17(10-8-14)21-18(22)12-24-19(23)15-5-4-6-16(20)11-15/h4-11,13H,3,12H2,1-2H3,(H,21,22)/t13-/m0/s1. The summed E-state index contributed by atoms with van der Waals surface area (Å²) in [6.07, 6.45) is 1.04. The first-order valence-electron chi connectivity index (χ1n) is 7.82. The second kappa shape index (κ2) is 8.24. The van der Waals surface area contributed by atoms with E-state index in [4.69, 9.17) is 4.74 Å². The van der Waals surface area contributed by atoms with E-state index in [1.807, 2.05) is 24.3 Å². The highest BCUT2D eigenvalue weighted by molar-refractivity contribution is 5.95. The van der Waals surface area contributed by atoms with Gasteiger partial charge in [-0.3, -0.25) is 4.79 Å². The number of carbonyl (C=O) groups is 2. The molecule has 0 aromatic heterocycles. The Kier molecular flexibility index (Phi) is 6.07. The van der Waals surface area contributed by atoms with Crippen molar-refractivity contribution in [2.45, 2.75) is 26.2 Å². The maximum Gasteiger partial charge on any atom is 0.338 e. The minimum atomic E-state index is -0.739. The molecule has 0 aliphatic heterocycles. The van der Waals surface area contributed by atoms with Crippen LogP contribution in [-0.2, 0) is 9.53 Å². The van der Waals surface area contributed by atoms with Crippen LogP contribution in [0.25, 0.3) is 0 Å². The van der Waals surface area contributed by atoms with Crippen molar-refractivity contribution in [1.29, 1.82) is 0 Å². The maximum atomic E-state index is 13.0. The lowest BCUT2D eigenvalue weighted by Crippen LogP contribution is -2.21. The van der Waals surface area contributed by atoms with Crippen LogP contribution in [0.5, 0.6) is 0 Å². The van der Waals surface area contributed by atoms with Crippen LogP contribution in [0.1, 0.15) is 42.1 Å². The zero-order valence-electron chi connectivity index (χ0n) is 13.7. The number of hydrogen-bond donors (Lipinski definition) is 1. The van der Waals surface area contributed by atoms with Crippen molar-refractivity contribution in [1.82, 2.24) is 0 Å². The fourth-order valence-electron chi connectivity index (χ4n) is 2.16. The minimum Gasteiger partial charge on any atom is -0.452 e. The van der Waals surface area contributed by atoms with E-state index in [1.165, 1.54) is 23.8 Å². The lowest BCUT2D eigenvalue weighted by molar-refractivity contribution is -0.119. The molecule has 4 nitrogen and oxygen atoms in total. The number of ether oxygens (including phenoxy) is 1. The number of anilines is 1. The summed E-state index contributed by atoms with van der Waals surface area (Å²) in [7, 11) is 0. The van der Waals surface area contributed by atoms with Gasteiger partial charge >= 0.3 is 5.97 Å². The number of esters is 1. The highest BCUT2D eigenvalue weighted by atomic mass is 19.1. The Labute approximate surface area is 140 Å². The number of carbonyl (C=O) groups excluding carboxylic acids is 2. The Balaban J connectivity index is 1.86. The van der Waals surface area contributed by atoms with Gasteiger partial charge in [0.05, 0.1) is 5.56 Å². The van der Waals surface area contributed by atoms with Crippen molar-refractivity contribution in [3.05, 3.63) is 65.5 Å². The van der Waals surface area contributed by atoms with Crippen LogP contribution < -0.4 is 5.32 Å². The van der Waals surface area contributed by atoms with E-state index < -0.39 is 24.3 Å². The molecule has 2 rings (SSSR count). The molecule has 2 aromatic carbocycles. The third-order valence-corrected chi connectivity index (χ3v) is 3.77. The summed E-state index contributed by atoms with van der Waals surface area (Å²) in [4.78, 5) is 23.6. The Morgan fingerprint density at radius 2 is 1.88 bits per heavy atom. The lowest BCUT2D eigenvalue weighted by Gasteiger charge is -2.10. The van der Waals surface area contributed by atoms with E-state index in [1.54, 1.807) is 0 Å². The molecule has 5 heteroatoms. The zero-order valence-corrected chi connectivity index (χ0v) is 13.7. The molecular weight excluding hydrogens is 309 g/mol. The van der Waals surface area contributed by atoms with E-state index >= 15 is 0 Å². The van der Waals surface area contributed by atoms with Crippen LogP contribution >= 0.6 is 0 Å². The van der Waals surface area contributed by atoms with Crippen molar-refractivity contribution >= 4 is 17.6 Å². The van der Waals surface area contributed by atoms with Gasteiger partial charge in [0, 0.05) is 5.69 Å². The van der Waals surface area contributed by atoms with Crippen molar-refractivity contribution in [3.8, 4) is 0 Å². The first-order chi connectivity index (χ1) is 11.5. The van der Waals surface area contributed by atoms with Crippen LogP contribution in [0, 0.1) is 5.82 Å². The Morgan fingerprint density at radius 1 is 1.17 bits per heavy atom. The molecule has 0 aliphatic carbocycles. The second-order valence-corrected chi connectivity index (χ2v) is 5.57. The van der Waals surface area contributed by atoms with Gasteiger partial charge in [0.1, 0.15) is 5.82 Å². The molecule has 0 aliphatic rings. The summed E-state index contributed by atoms with van der Waals surface area (Å²) in [6.45, 7) is 3.83. The van der Waals surface area contributed by atoms with Gasteiger partial charge in [-0.15, -0.1) is 0 Å². The van der Waals surface area contributed by atoms with Gasteiger partial charge < -0.3 is 10.1 Å². The van der Waals surface area contributed by atoms with Crippen LogP contribution in [-0.4, -0.2) is 18.5 Å². The summed E-state index contributed by atoms with van der Waals surface area (Å²) >= 11 is 0. The van der Waals surface area contributed by atoms with E-state index in [9.17, 15) is 14.0 Å².